The van der Waals surface area contributed by atoms with Crippen molar-refractivity contribution in [2.75, 3.05) is 13.6 Å². The lowest BCUT2D eigenvalue weighted by Crippen LogP contribution is -2.29. The van der Waals surface area contributed by atoms with Gasteiger partial charge in [-0.05, 0) is 46.8 Å². The van der Waals surface area contributed by atoms with Crippen molar-refractivity contribution >= 4 is 41.6 Å². The van der Waals surface area contributed by atoms with Gasteiger partial charge < -0.3 is 4.90 Å². The van der Waals surface area contributed by atoms with E-state index in [0.717, 1.165) is 25.0 Å². The van der Waals surface area contributed by atoms with Crippen LogP contribution in [0, 0.1) is 11.7 Å². The summed E-state index contributed by atoms with van der Waals surface area (Å²) in [7, 11) is 2.71. The number of hydrogen-bond donors (Lipinski definition) is 0. The maximum Gasteiger partial charge on any atom is 0.262 e. The lowest BCUT2D eigenvalue weighted by Gasteiger charge is -2.18. The molecule has 20 heavy (non-hydrogen) atoms. The highest BCUT2D eigenvalue weighted by Crippen LogP contribution is 2.32. The van der Waals surface area contributed by atoms with E-state index in [1.165, 1.54) is 4.90 Å². The van der Waals surface area contributed by atoms with Crippen LogP contribution in [0.3, 0.4) is 0 Å². The number of benzene rings is 1. The molecule has 1 saturated carbocycles. The Labute approximate surface area is 129 Å². The molecule has 0 heterocycles. The second kappa shape index (κ2) is 5.61. The van der Waals surface area contributed by atoms with Crippen LogP contribution in [0.4, 0.5) is 4.39 Å². The van der Waals surface area contributed by atoms with Crippen molar-refractivity contribution in [3.63, 3.8) is 0 Å². The number of carbonyl (C=O) groups excluding carboxylic acids is 1. The first-order valence-electron chi connectivity index (χ1n) is 5.89. The van der Waals surface area contributed by atoms with Crippen LogP contribution < -0.4 is 0 Å². The highest BCUT2D eigenvalue weighted by molar-refractivity contribution is 9.10. The Morgan fingerprint density at radius 3 is 2.60 bits per heavy atom. The lowest BCUT2D eigenvalue weighted by atomic mass is 10.2. The Balaban J connectivity index is 2.40. The van der Waals surface area contributed by atoms with Crippen molar-refractivity contribution < 1.29 is 17.6 Å². The summed E-state index contributed by atoms with van der Waals surface area (Å²) in [5, 5.41) is 0. The molecule has 2 rings (SSSR count). The SMILES string of the molecule is CN(CC1CC1)C(=O)c1cc(F)cc(S(=O)(=O)Cl)c1Br. The van der Waals surface area contributed by atoms with E-state index in [0.29, 0.717) is 12.5 Å². The van der Waals surface area contributed by atoms with Crippen molar-refractivity contribution in [1.29, 1.82) is 0 Å². The largest absolute Gasteiger partial charge is 0.341 e. The highest BCUT2D eigenvalue weighted by atomic mass is 79.9. The van der Waals surface area contributed by atoms with Crippen molar-refractivity contribution in [3.8, 4) is 0 Å². The number of rotatable bonds is 4. The van der Waals surface area contributed by atoms with E-state index in [1.54, 1.807) is 7.05 Å². The van der Waals surface area contributed by atoms with E-state index < -0.39 is 25.7 Å². The predicted octanol–water partition coefficient (Wildman–Crippen LogP) is 3.00. The van der Waals surface area contributed by atoms with Crippen LogP contribution in [0.2, 0.25) is 0 Å². The number of halogens is 3. The minimum Gasteiger partial charge on any atom is -0.341 e. The Morgan fingerprint density at radius 2 is 2.10 bits per heavy atom. The van der Waals surface area contributed by atoms with Gasteiger partial charge in [-0.15, -0.1) is 0 Å². The first-order valence-corrected chi connectivity index (χ1v) is 8.99. The summed E-state index contributed by atoms with van der Waals surface area (Å²) in [5.41, 5.74) is -0.0487. The molecule has 0 spiro atoms. The second-order valence-electron chi connectivity index (χ2n) is 4.83. The Kier molecular flexibility index (Phi) is 4.41. The predicted molar refractivity (Wildman–Crippen MR) is 76.8 cm³/mol. The molecule has 0 saturated heterocycles. The number of carbonyl (C=O) groups is 1. The summed E-state index contributed by atoms with van der Waals surface area (Å²) >= 11 is 3.02. The van der Waals surface area contributed by atoms with Gasteiger partial charge in [0, 0.05) is 24.3 Å². The molecule has 1 aromatic carbocycles. The molecule has 110 valence electrons. The Morgan fingerprint density at radius 1 is 1.50 bits per heavy atom. The fourth-order valence-electron chi connectivity index (χ4n) is 1.87. The van der Waals surface area contributed by atoms with Crippen LogP contribution in [0.5, 0.6) is 0 Å². The monoisotopic (exact) mass is 383 g/mol. The van der Waals surface area contributed by atoms with Crippen molar-refractivity contribution in [2.24, 2.45) is 5.92 Å². The molecule has 1 aliphatic carbocycles. The average molecular weight is 385 g/mol. The molecule has 4 nitrogen and oxygen atoms in total. The average Bonchev–Trinajstić information content (AvgIpc) is 3.13. The van der Waals surface area contributed by atoms with E-state index >= 15 is 0 Å². The van der Waals surface area contributed by atoms with Crippen molar-refractivity contribution in [3.05, 3.63) is 28.0 Å². The number of amides is 1. The van der Waals surface area contributed by atoms with Crippen LogP contribution in [0.1, 0.15) is 23.2 Å². The molecule has 1 fully saturated rings. The van der Waals surface area contributed by atoms with Gasteiger partial charge in [-0.3, -0.25) is 4.79 Å². The molecule has 0 aromatic heterocycles. The molecular weight excluding hydrogens is 373 g/mol. The fourth-order valence-corrected chi connectivity index (χ4v) is 4.13. The first kappa shape index (κ1) is 15.7. The minimum atomic E-state index is -4.13. The van der Waals surface area contributed by atoms with Gasteiger partial charge in [0.1, 0.15) is 10.7 Å². The molecule has 0 N–H and O–H groups in total. The van der Waals surface area contributed by atoms with Gasteiger partial charge in [0.2, 0.25) is 0 Å². The van der Waals surface area contributed by atoms with Gasteiger partial charge in [-0.25, -0.2) is 12.8 Å². The van der Waals surface area contributed by atoms with Crippen LogP contribution in [-0.4, -0.2) is 32.8 Å². The van der Waals surface area contributed by atoms with Gasteiger partial charge in [-0.1, -0.05) is 0 Å². The Hall–Kier alpha value is -0.660. The van der Waals surface area contributed by atoms with Crippen molar-refractivity contribution in [2.45, 2.75) is 17.7 Å². The third-order valence-electron chi connectivity index (χ3n) is 3.07. The molecule has 0 aliphatic heterocycles. The molecule has 0 unspecified atom stereocenters. The normalized spacial score (nSPS) is 15.2. The number of hydrogen-bond acceptors (Lipinski definition) is 3. The third-order valence-corrected chi connectivity index (χ3v) is 5.54. The first-order chi connectivity index (χ1) is 9.20. The summed E-state index contributed by atoms with van der Waals surface area (Å²) < 4.78 is 36.3. The zero-order valence-electron chi connectivity index (χ0n) is 10.6. The molecule has 8 heteroatoms. The van der Waals surface area contributed by atoms with Gasteiger partial charge >= 0.3 is 0 Å². The van der Waals surface area contributed by atoms with Crippen LogP contribution in [0.25, 0.3) is 0 Å². The fraction of sp³-hybridized carbons (Fsp3) is 0.417. The summed E-state index contributed by atoms with van der Waals surface area (Å²) in [6.07, 6.45) is 2.15. The quantitative estimate of drug-likeness (QED) is 0.750. The molecule has 1 aromatic rings. The van der Waals surface area contributed by atoms with E-state index in [1.807, 2.05) is 0 Å². The van der Waals surface area contributed by atoms with Crippen LogP contribution in [-0.2, 0) is 9.05 Å². The van der Waals surface area contributed by atoms with E-state index in [9.17, 15) is 17.6 Å². The summed E-state index contributed by atoms with van der Waals surface area (Å²) in [6, 6.07) is 1.78. The smallest absolute Gasteiger partial charge is 0.262 e. The van der Waals surface area contributed by atoms with E-state index in [4.69, 9.17) is 10.7 Å². The Bertz CT molecular complexity index is 661. The summed E-state index contributed by atoms with van der Waals surface area (Å²) in [4.78, 5) is 13.3. The van der Waals surface area contributed by atoms with Crippen molar-refractivity contribution in [1.82, 2.24) is 4.90 Å². The zero-order chi connectivity index (χ0) is 15.1. The van der Waals surface area contributed by atoms with Gasteiger partial charge in [-0.2, -0.15) is 0 Å². The van der Waals surface area contributed by atoms with E-state index in [2.05, 4.69) is 15.9 Å². The van der Waals surface area contributed by atoms with E-state index in [-0.39, 0.29) is 10.0 Å². The van der Waals surface area contributed by atoms with Gasteiger partial charge in [0.15, 0.2) is 0 Å². The van der Waals surface area contributed by atoms with Gasteiger partial charge in [0.25, 0.3) is 15.0 Å². The third kappa shape index (κ3) is 3.51. The summed E-state index contributed by atoms with van der Waals surface area (Å²) in [5.74, 6) is -0.784. The van der Waals surface area contributed by atoms with Crippen LogP contribution >= 0.6 is 26.6 Å². The topological polar surface area (TPSA) is 54.5 Å². The molecule has 0 radical (unpaired) electrons. The lowest BCUT2D eigenvalue weighted by molar-refractivity contribution is 0.0787. The summed E-state index contributed by atoms with van der Waals surface area (Å²) in [6.45, 7) is 0.574. The maximum absolute atomic E-state index is 13.5. The molecule has 1 amide bonds. The molecular formula is C12H12BrClFNO3S. The van der Waals surface area contributed by atoms with Crippen LogP contribution in [0.15, 0.2) is 21.5 Å². The minimum absolute atomic E-state index is 0.0125. The highest BCUT2D eigenvalue weighted by Gasteiger charge is 2.28. The molecule has 1 aliphatic rings. The maximum atomic E-state index is 13.5. The molecule has 0 bridgehead atoms. The number of nitrogens with zero attached hydrogens (tertiary/aromatic N) is 1. The second-order valence-corrected chi connectivity index (χ2v) is 8.16. The molecule has 0 atom stereocenters. The standard InChI is InChI=1S/C12H12BrClFNO3S/c1-16(6-7-2-3-7)12(17)9-4-8(15)5-10(11(9)13)20(14,18)19/h4-5,7H,2-3,6H2,1H3. The van der Waals surface area contributed by atoms with Gasteiger partial charge in [0.05, 0.1) is 10.0 Å². The zero-order valence-corrected chi connectivity index (χ0v) is 13.7.